The molecule has 6 nitrogen and oxygen atoms in total. The average molecular weight is 250 g/mol. The van der Waals surface area contributed by atoms with Gasteiger partial charge in [-0.1, -0.05) is 5.16 Å². The lowest BCUT2D eigenvalue weighted by Gasteiger charge is -1.97. The van der Waals surface area contributed by atoms with Crippen LogP contribution in [0.2, 0.25) is 0 Å². The molecule has 1 unspecified atom stereocenters. The highest BCUT2D eigenvalue weighted by atomic mass is 16.6. The quantitative estimate of drug-likeness (QED) is 0.828. The van der Waals surface area contributed by atoms with Crippen molar-refractivity contribution >= 4 is 0 Å². The third-order valence-electron chi connectivity index (χ3n) is 2.82. The fraction of sp³-hybridized carbons (Fsp3) is 0.500. The Morgan fingerprint density at radius 1 is 1.44 bits per heavy atom. The number of nitrogens with zero attached hydrogens (tertiary/aromatic N) is 2. The van der Waals surface area contributed by atoms with Gasteiger partial charge in [-0.3, -0.25) is 0 Å². The standard InChI is InChI=1S/C12H14N2O4/c1-2-16-10-4-3-9(17-10)12-13-11(14-18-12)8-5-6-15-7-8/h3-4,8H,2,5-7H2,1H3. The van der Waals surface area contributed by atoms with Crippen LogP contribution in [0.4, 0.5) is 0 Å². The number of ether oxygens (including phenoxy) is 2. The number of rotatable bonds is 4. The molecule has 96 valence electrons. The molecule has 0 aromatic carbocycles. The highest BCUT2D eigenvalue weighted by Gasteiger charge is 2.24. The second-order valence-electron chi connectivity index (χ2n) is 4.07. The van der Waals surface area contributed by atoms with Gasteiger partial charge in [-0.2, -0.15) is 4.98 Å². The molecule has 18 heavy (non-hydrogen) atoms. The first-order chi connectivity index (χ1) is 8.86. The minimum absolute atomic E-state index is 0.226. The van der Waals surface area contributed by atoms with Gasteiger partial charge in [-0.05, 0) is 19.4 Å². The molecule has 1 aliphatic heterocycles. The maximum absolute atomic E-state index is 5.44. The van der Waals surface area contributed by atoms with Crippen LogP contribution in [0.5, 0.6) is 5.95 Å². The van der Waals surface area contributed by atoms with Gasteiger partial charge < -0.3 is 18.4 Å². The van der Waals surface area contributed by atoms with Crippen LogP contribution in [0.25, 0.3) is 11.7 Å². The van der Waals surface area contributed by atoms with Crippen molar-refractivity contribution in [1.29, 1.82) is 0 Å². The maximum Gasteiger partial charge on any atom is 0.293 e. The molecule has 0 bridgehead atoms. The molecular weight excluding hydrogens is 236 g/mol. The molecule has 1 saturated heterocycles. The van der Waals surface area contributed by atoms with E-state index in [0.29, 0.717) is 36.6 Å². The number of furan rings is 1. The van der Waals surface area contributed by atoms with Crippen LogP contribution in [-0.2, 0) is 4.74 Å². The van der Waals surface area contributed by atoms with Crippen molar-refractivity contribution in [1.82, 2.24) is 10.1 Å². The molecular formula is C12H14N2O4. The van der Waals surface area contributed by atoms with Gasteiger partial charge in [0.15, 0.2) is 11.6 Å². The SMILES string of the molecule is CCOc1ccc(-c2nc(C3CCOC3)no2)o1. The van der Waals surface area contributed by atoms with Gasteiger partial charge in [0.05, 0.1) is 13.2 Å². The second kappa shape index (κ2) is 4.81. The Balaban J connectivity index is 1.78. The van der Waals surface area contributed by atoms with E-state index in [9.17, 15) is 0 Å². The van der Waals surface area contributed by atoms with Gasteiger partial charge in [0.1, 0.15) is 0 Å². The zero-order valence-corrected chi connectivity index (χ0v) is 10.1. The van der Waals surface area contributed by atoms with Gasteiger partial charge in [0.25, 0.3) is 11.8 Å². The molecule has 3 heterocycles. The van der Waals surface area contributed by atoms with Gasteiger partial charge in [-0.25, -0.2) is 0 Å². The predicted molar refractivity (Wildman–Crippen MR) is 61.3 cm³/mol. The summed E-state index contributed by atoms with van der Waals surface area (Å²) in [6.07, 6.45) is 0.932. The molecule has 0 spiro atoms. The van der Waals surface area contributed by atoms with Gasteiger partial charge in [0, 0.05) is 18.6 Å². The van der Waals surface area contributed by atoms with Gasteiger partial charge in [-0.15, -0.1) is 0 Å². The zero-order chi connectivity index (χ0) is 12.4. The molecule has 0 aliphatic carbocycles. The summed E-state index contributed by atoms with van der Waals surface area (Å²) in [6, 6.07) is 3.49. The normalized spacial score (nSPS) is 19.3. The Morgan fingerprint density at radius 3 is 3.17 bits per heavy atom. The Hall–Kier alpha value is -1.82. The molecule has 3 rings (SSSR count). The summed E-state index contributed by atoms with van der Waals surface area (Å²) in [5, 5.41) is 3.96. The van der Waals surface area contributed by atoms with Crippen LogP contribution in [0.1, 0.15) is 25.1 Å². The topological polar surface area (TPSA) is 70.5 Å². The van der Waals surface area contributed by atoms with E-state index in [1.54, 1.807) is 12.1 Å². The van der Waals surface area contributed by atoms with Crippen molar-refractivity contribution in [2.24, 2.45) is 0 Å². The smallest absolute Gasteiger partial charge is 0.293 e. The van der Waals surface area contributed by atoms with Crippen molar-refractivity contribution in [3.63, 3.8) is 0 Å². The minimum Gasteiger partial charge on any atom is -0.465 e. The van der Waals surface area contributed by atoms with Crippen LogP contribution in [0, 0.1) is 0 Å². The first-order valence-electron chi connectivity index (χ1n) is 6.01. The van der Waals surface area contributed by atoms with Crippen molar-refractivity contribution in [2.45, 2.75) is 19.3 Å². The fourth-order valence-electron chi connectivity index (χ4n) is 1.89. The molecule has 0 amide bonds. The van der Waals surface area contributed by atoms with Crippen LogP contribution in [0.15, 0.2) is 21.1 Å². The second-order valence-corrected chi connectivity index (χ2v) is 4.07. The molecule has 0 saturated carbocycles. The van der Waals surface area contributed by atoms with E-state index in [1.807, 2.05) is 6.92 Å². The lowest BCUT2D eigenvalue weighted by Crippen LogP contribution is -1.99. The Bertz CT molecular complexity index is 514. The van der Waals surface area contributed by atoms with Crippen LogP contribution < -0.4 is 4.74 Å². The molecule has 0 radical (unpaired) electrons. The summed E-state index contributed by atoms with van der Waals surface area (Å²) in [5.74, 6) is 2.26. The van der Waals surface area contributed by atoms with Crippen LogP contribution in [-0.4, -0.2) is 30.0 Å². The summed E-state index contributed by atoms with van der Waals surface area (Å²) in [6.45, 7) is 3.86. The minimum atomic E-state index is 0.226. The van der Waals surface area contributed by atoms with Crippen LogP contribution in [0.3, 0.4) is 0 Å². The summed E-state index contributed by atoms with van der Waals surface area (Å²) in [5.41, 5.74) is 0. The van der Waals surface area contributed by atoms with E-state index in [-0.39, 0.29) is 5.92 Å². The number of hydrogen-bond donors (Lipinski definition) is 0. The monoisotopic (exact) mass is 250 g/mol. The maximum atomic E-state index is 5.44. The molecule has 2 aromatic rings. The summed E-state index contributed by atoms with van der Waals surface area (Å²) >= 11 is 0. The molecule has 1 aliphatic rings. The summed E-state index contributed by atoms with van der Waals surface area (Å²) in [4.78, 5) is 4.33. The lowest BCUT2D eigenvalue weighted by molar-refractivity contribution is 0.192. The van der Waals surface area contributed by atoms with E-state index in [2.05, 4.69) is 10.1 Å². The zero-order valence-electron chi connectivity index (χ0n) is 10.1. The summed E-state index contributed by atoms with van der Waals surface area (Å²) < 4.78 is 21.2. The van der Waals surface area contributed by atoms with Gasteiger partial charge in [0.2, 0.25) is 0 Å². The third kappa shape index (κ3) is 2.11. The van der Waals surface area contributed by atoms with Gasteiger partial charge >= 0.3 is 0 Å². The van der Waals surface area contributed by atoms with E-state index in [1.165, 1.54) is 0 Å². The number of aromatic nitrogens is 2. The van der Waals surface area contributed by atoms with E-state index < -0.39 is 0 Å². The first-order valence-corrected chi connectivity index (χ1v) is 6.01. The van der Waals surface area contributed by atoms with E-state index in [4.69, 9.17) is 18.4 Å². The molecule has 2 aromatic heterocycles. The third-order valence-corrected chi connectivity index (χ3v) is 2.82. The van der Waals surface area contributed by atoms with Crippen molar-refractivity contribution in [2.75, 3.05) is 19.8 Å². The highest BCUT2D eigenvalue weighted by molar-refractivity contribution is 5.45. The molecule has 6 heteroatoms. The Labute approximate surface area is 104 Å². The molecule has 0 N–H and O–H groups in total. The highest BCUT2D eigenvalue weighted by Crippen LogP contribution is 2.28. The first kappa shape index (κ1) is 11.3. The van der Waals surface area contributed by atoms with E-state index in [0.717, 1.165) is 13.0 Å². The van der Waals surface area contributed by atoms with Crippen molar-refractivity contribution < 1.29 is 18.4 Å². The number of hydrogen-bond acceptors (Lipinski definition) is 6. The van der Waals surface area contributed by atoms with Crippen LogP contribution >= 0.6 is 0 Å². The summed E-state index contributed by atoms with van der Waals surface area (Å²) in [7, 11) is 0. The Morgan fingerprint density at radius 2 is 2.39 bits per heavy atom. The largest absolute Gasteiger partial charge is 0.465 e. The Kier molecular flexibility index (Phi) is 3.02. The molecule has 1 atom stereocenters. The van der Waals surface area contributed by atoms with Crippen molar-refractivity contribution in [3.05, 3.63) is 18.0 Å². The fourth-order valence-corrected chi connectivity index (χ4v) is 1.89. The predicted octanol–water partition coefficient (Wildman–Crippen LogP) is 2.23. The average Bonchev–Trinajstić information content (AvgIpc) is 3.10. The molecule has 1 fully saturated rings. The van der Waals surface area contributed by atoms with Crippen molar-refractivity contribution in [3.8, 4) is 17.6 Å². The van der Waals surface area contributed by atoms with E-state index >= 15 is 0 Å². The lowest BCUT2D eigenvalue weighted by atomic mass is 10.1.